The first kappa shape index (κ1) is 26.4. The van der Waals surface area contributed by atoms with Crippen molar-refractivity contribution in [2.45, 2.75) is 4.90 Å². The lowest BCUT2D eigenvalue weighted by Crippen LogP contribution is -2.38. The second kappa shape index (κ2) is 11.0. The average Bonchev–Trinajstić information content (AvgIpc) is 2.87. The molecule has 1 amide bonds. The van der Waals surface area contributed by atoms with Crippen LogP contribution in [0.3, 0.4) is 0 Å². The summed E-state index contributed by atoms with van der Waals surface area (Å²) in [6.45, 7) is -0.764. The highest BCUT2D eigenvalue weighted by Crippen LogP contribution is 2.34. The van der Waals surface area contributed by atoms with Crippen LogP contribution >= 0.6 is 0 Å². The fraction of sp³-hybridized carbons (Fsp3) is 0.167. The standard InChI is InChI=1S/C24H22F2N2O7S/c1-33-21-12-19(24(30)35-3)20(13-22(21)34-2)27-23(29)14-28(17-8-4-15(25)5-9-17)36(31,32)18-10-6-16(26)7-11-18/h4-13H,14H2,1-3H3,(H,27,29). The van der Waals surface area contributed by atoms with E-state index in [0.717, 1.165) is 47.8 Å². The minimum Gasteiger partial charge on any atom is -0.493 e. The van der Waals surface area contributed by atoms with Gasteiger partial charge in [-0.3, -0.25) is 9.10 Å². The van der Waals surface area contributed by atoms with Crippen LogP contribution in [0.15, 0.2) is 65.6 Å². The van der Waals surface area contributed by atoms with Crippen molar-refractivity contribution in [3.63, 3.8) is 0 Å². The molecule has 0 aromatic heterocycles. The predicted molar refractivity (Wildman–Crippen MR) is 127 cm³/mol. The molecule has 3 aromatic rings. The van der Waals surface area contributed by atoms with Crippen molar-refractivity contribution in [3.8, 4) is 11.5 Å². The number of anilines is 2. The number of carbonyl (C=O) groups is 2. The zero-order valence-corrected chi connectivity index (χ0v) is 20.3. The number of halogens is 2. The van der Waals surface area contributed by atoms with Crippen molar-refractivity contribution >= 4 is 33.3 Å². The average molecular weight is 521 g/mol. The molecule has 0 aliphatic heterocycles. The highest BCUT2D eigenvalue weighted by atomic mass is 32.2. The predicted octanol–water partition coefficient (Wildman–Crippen LogP) is 3.60. The minimum atomic E-state index is -4.38. The molecule has 0 spiro atoms. The molecular formula is C24H22F2N2O7S. The Bertz CT molecular complexity index is 1360. The zero-order valence-electron chi connectivity index (χ0n) is 19.4. The van der Waals surface area contributed by atoms with Crippen LogP contribution in [0.1, 0.15) is 10.4 Å². The summed E-state index contributed by atoms with van der Waals surface area (Å²) >= 11 is 0. The zero-order chi connectivity index (χ0) is 26.5. The van der Waals surface area contributed by atoms with Gasteiger partial charge in [0.2, 0.25) is 5.91 Å². The maximum Gasteiger partial charge on any atom is 0.340 e. The largest absolute Gasteiger partial charge is 0.493 e. The summed E-state index contributed by atoms with van der Waals surface area (Å²) in [5, 5.41) is 2.48. The first-order valence-electron chi connectivity index (χ1n) is 10.3. The number of benzene rings is 3. The van der Waals surface area contributed by atoms with Crippen molar-refractivity contribution < 1.29 is 41.0 Å². The van der Waals surface area contributed by atoms with Gasteiger partial charge in [-0.05, 0) is 48.5 Å². The molecule has 0 radical (unpaired) electrons. The SMILES string of the molecule is COC(=O)c1cc(OC)c(OC)cc1NC(=O)CN(c1ccc(F)cc1)S(=O)(=O)c1ccc(F)cc1. The van der Waals surface area contributed by atoms with Crippen molar-refractivity contribution in [1.29, 1.82) is 0 Å². The van der Waals surface area contributed by atoms with Gasteiger partial charge in [-0.1, -0.05) is 0 Å². The second-order valence-electron chi connectivity index (χ2n) is 7.23. The van der Waals surface area contributed by atoms with Crippen LogP contribution in [0, 0.1) is 11.6 Å². The number of sulfonamides is 1. The summed E-state index contributed by atoms with van der Waals surface area (Å²) in [5.74, 6) is -2.51. The van der Waals surface area contributed by atoms with E-state index in [1.54, 1.807) is 0 Å². The summed E-state index contributed by atoms with van der Waals surface area (Å²) in [4.78, 5) is 25.0. The van der Waals surface area contributed by atoms with E-state index in [0.29, 0.717) is 0 Å². The number of esters is 1. The van der Waals surface area contributed by atoms with Gasteiger partial charge < -0.3 is 19.5 Å². The molecule has 3 aromatic carbocycles. The number of nitrogens with zero attached hydrogens (tertiary/aromatic N) is 1. The highest BCUT2D eigenvalue weighted by molar-refractivity contribution is 7.92. The van der Waals surface area contributed by atoms with Gasteiger partial charge in [0, 0.05) is 12.1 Å². The Morgan fingerprint density at radius 2 is 1.39 bits per heavy atom. The first-order chi connectivity index (χ1) is 17.1. The van der Waals surface area contributed by atoms with E-state index in [9.17, 15) is 26.8 Å². The third-order valence-corrected chi connectivity index (χ3v) is 6.79. The molecule has 0 aliphatic carbocycles. The maximum atomic E-state index is 13.5. The highest BCUT2D eigenvalue weighted by Gasteiger charge is 2.28. The smallest absolute Gasteiger partial charge is 0.340 e. The third-order valence-electron chi connectivity index (χ3n) is 5.01. The molecule has 0 unspecified atom stereocenters. The monoisotopic (exact) mass is 520 g/mol. The van der Waals surface area contributed by atoms with Crippen LogP contribution in [0.4, 0.5) is 20.2 Å². The summed E-state index contributed by atoms with van der Waals surface area (Å²) in [7, 11) is -0.516. The Labute approximate surface area is 206 Å². The van der Waals surface area contributed by atoms with Crippen molar-refractivity contribution in [2.75, 3.05) is 37.5 Å². The molecule has 0 bridgehead atoms. The summed E-state index contributed by atoms with van der Waals surface area (Å²) in [5.41, 5.74) is -0.114. The number of hydrogen-bond acceptors (Lipinski definition) is 7. The molecule has 9 nitrogen and oxygen atoms in total. The molecule has 3 rings (SSSR count). The van der Waals surface area contributed by atoms with E-state index in [-0.39, 0.29) is 33.3 Å². The van der Waals surface area contributed by atoms with Crippen molar-refractivity contribution in [3.05, 3.63) is 77.9 Å². The topological polar surface area (TPSA) is 111 Å². The van der Waals surface area contributed by atoms with Gasteiger partial charge in [-0.15, -0.1) is 0 Å². The Morgan fingerprint density at radius 1 is 0.861 bits per heavy atom. The number of hydrogen-bond donors (Lipinski definition) is 1. The quantitative estimate of drug-likeness (QED) is 0.429. The lowest BCUT2D eigenvalue weighted by atomic mass is 10.1. The van der Waals surface area contributed by atoms with E-state index >= 15 is 0 Å². The van der Waals surface area contributed by atoms with Crippen LogP contribution < -0.4 is 19.1 Å². The van der Waals surface area contributed by atoms with Gasteiger partial charge in [-0.25, -0.2) is 22.0 Å². The van der Waals surface area contributed by atoms with E-state index < -0.39 is 40.1 Å². The van der Waals surface area contributed by atoms with Gasteiger partial charge in [0.15, 0.2) is 11.5 Å². The van der Waals surface area contributed by atoms with E-state index in [1.165, 1.54) is 38.5 Å². The number of nitrogens with one attached hydrogen (secondary N) is 1. The number of methoxy groups -OCH3 is 3. The number of rotatable bonds is 9. The molecule has 12 heteroatoms. The van der Waals surface area contributed by atoms with Crippen molar-refractivity contribution in [1.82, 2.24) is 0 Å². The molecule has 0 fully saturated rings. The van der Waals surface area contributed by atoms with Gasteiger partial charge in [-0.2, -0.15) is 0 Å². The Balaban J connectivity index is 2.01. The maximum absolute atomic E-state index is 13.5. The Hall–Kier alpha value is -4.19. The Morgan fingerprint density at radius 3 is 1.92 bits per heavy atom. The van der Waals surface area contributed by atoms with E-state index in [1.807, 2.05) is 0 Å². The first-order valence-corrected chi connectivity index (χ1v) is 11.7. The van der Waals surface area contributed by atoms with Crippen LogP contribution in [0.5, 0.6) is 11.5 Å². The molecule has 0 heterocycles. The van der Waals surface area contributed by atoms with Crippen LogP contribution in [-0.2, 0) is 19.6 Å². The second-order valence-corrected chi connectivity index (χ2v) is 9.10. The van der Waals surface area contributed by atoms with Crippen LogP contribution in [0.2, 0.25) is 0 Å². The van der Waals surface area contributed by atoms with Gasteiger partial charge in [0.1, 0.15) is 18.2 Å². The van der Waals surface area contributed by atoms with Crippen LogP contribution in [-0.4, -0.2) is 48.2 Å². The molecular weight excluding hydrogens is 498 g/mol. The van der Waals surface area contributed by atoms with E-state index in [4.69, 9.17) is 14.2 Å². The third kappa shape index (κ3) is 5.71. The molecule has 1 N–H and O–H groups in total. The van der Waals surface area contributed by atoms with Gasteiger partial charge in [0.25, 0.3) is 10.0 Å². The molecule has 36 heavy (non-hydrogen) atoms. The number of ether oxygens (including phenoxy) is 3. The van der Waals surface area contributed by atoms with E-state index in [2.05, 4.69) is 5.32 Å². The summed E-state index contributed by atoms with van der Waals surface area (Å²) in [6, 6.07) is 11.1. The fourth-order valence-corrected chi connectivity index (χ4v) is 4.66. The van der Waals surface area contributed by atoms with Crippen LogP contribution in [0.25, 0.3) is 0 Å². The van der Waals surface area contributed by atoms with Gasteiger partial charge >= 0.3 is 5.97 Å². The molecule has 0 saturated heterocycles. The fourth-order valence-electron chi connectivity index (χ4n) is 3.24. The van der Waals surface area contributed by atoms with Gasteiger partial charge in [0.05, 0.1) is 43.2 Å². The molecule has 0 aliphatic rings. The Kier molecular flexibility index (Phi) is 8.10. The molecule has 0 saturated carbocycles. The summed E-state index contributed by atoms with van der Waals surface area (Å²) < 4.78 is 69.4. The minimum absolute atomic E-state index is 0.0172. The summed E-state index contributed by atoms with van der Waals surface area (Å²) in [6.07, 6.45) is 0. The normalized spacial score (nSPS) is 10.9. The number of carbonyl (C=O) groups excluding carboxylic acids is 2. The molecule has 0 atom stereocenters. The van der Waals surface area contributed by atoms with Crippen molar-refractivity contribution in [2.24, 2.45) is 0 Å². The number of amides is 1. The lowest BCUT2D eigenvalue weighted by Gasteiger charge is -2.24. The molecule has 190 valence electrons. The lowest BCUT2D eigenvalue weighted by molar-refractivity contribution is -0.114.